The van der Waals surface area contributed by atoms with Gasteiger partial charge >= 0.3 is 0 Å². The van der Waals surface area contributed by atoms with Crippen molar-refractivity contribution >= 4 is 38.9 Å². The smallest absolute Gasteiger partial charge is 0.265 e. The number of methoxy groups -OCH3 is 5. The molecule has 0 aliphatic rings. The number of hydrazone groups is 1. The predicted molar refractivity (Wildman–Crippen MR) is 157 cm³/mol. The standard InChI is InChI=1S/C28H32ClN3O8S/c1-7-21(18-8-11-24(37-3)26(14-18)39-5)30-31-28(33)17-32(22-15-19(29)9-12-23(22)36-2)41(34,35)20-10-13-25(38-4)27(16-20)40-6/h8-16H,7,17H2,1-6H3,(H,31,33)/b30-21-. The molecule has 0 spiro atoms. The number of hydrogen-bond acceptors (Lipinski definition) is 9. The first-order valence-electron chi connectivity index (χ1n) is 12.3. The Morgan fingerprint density at radius 1 is 0.805 bits per heavy atom. The molecule has 0 heterocycles. The minimum absolute atomic E-state index is 0.0597. The minimum atomic E-state index is -4.35. The van der Waals surface area contributed by atoms with Crippen molar-refractivity contribution in [1.29, 1.82) is 0 Å². The molecule has 0 saturated carbocycles. The normalized spacial score (nSPS) is 11.4. The SMILES string of the molecule is CC/C(=N/NC(=O)CN(c1cc(Cl)ccc1OC)S(=O)(=O)c1ccc(OC)c(OC)c1)c1ccc(OC)c(OC)c1. The zero-order valence-corrected chi connectivity index (χ0v) is 25.1. The van der Waals surface area contributed by atoms with Crippen LogP contribution in [0.1, 0.15) is 18.9 Å². The number of nitrogens with one attached hydrogen (secondary N) is 1. The highest BCUT2D eigenvalue weighted by atomic mass is 35.5. The summed E-state index contributed by atoms with van der Waals surface area (Å²) in [4.78, 5) is 13.1. The van der Waals surface area contributed by atoms with E-state index in [0.29, 0.717) is 34.9 Å². The number of hydrogen-bond donors (Lipinski definition) is 1. The average Bonchev–Trinajstić information content (AvgIpc) is 2.99. The molecule has 220 valence electrons. The maximum absolute atomic E-state index is 14.0. The second-order valence-electron chi connectivity index (χ2n) is 8.36. The molecular weight excluding hydrogens is 574 g/mol. The lowest BCUT2D eigenvalue weighted by Crippen LogP contribution is -2.40. The number of benzene rings is 3. The lowest BCUT2D eigenvalue weighted by Gasteiger charge is -2.26. The molecule has 0 aromatic heterocycles. The van der Waals surface area contributed by atoms with Crippen molar-refractivity contribution in [2.45, 2.75) is 18.2 Å². The van der Waals surface area contributed by atoms with Crippen LogP contribution in [0.15, 0.2) is 64.6 Å². The number of amides is 1. The van der Waals surface area contributed by atoms with Gasteiger partial charge in [-0.2, -0.15) is 5.10 Å². The Hall–Kier alpha value is -4.16. The van der Waals surface area contributed by atoms with Gasteiger partial charge < -0.3 is 23.7 Å². The van der Waals surface area contributed by atoms with E-state index in [2.05, 4.69) is 10.5 Å². The lowest BCUT2D eigenvalue weighted by atomic mass is 10.1. The highest BCUT2D eigenvalue weighted by Gasteiger charge is 2.31. The van der Waals surface area contributed by atoms with Crippen LogP contribution in [-0.4, -0.2) is 62.1 Å². The first-order chi connectivity index (χ1) is 19.6. The summed E-state index contributed by atoms with van der Waals surface area (Å²) < 4.78 is 55.4. The van der Waals surface area contributed by atoms with Crippen molar-refractivity contribution in [1.82, 2.24) is 5.43 Å². The van der Waals surface area contributed by atoms with Crippen molar-refractivity contribution in [3.05, 3.63) is 65.2 Å². The van der Waals surface area contributed by atoms with Crippen LogP contribution < -0.4 is 33.4 Å². The molecule has 11 nitrogen and oxygen atoms in total. The third-order valence-electron chi connectivity index (χ3n) is 6.01. The van der Waals surface area contributed by atoms with Gasteiger partial charge in [-0.3, -0.25) is 9.10 Å². The summed E-state index contributed by atoms with van der Waals surface area (Å²) in [5.74, 6) is 1.06. The Balaban J connectivity index is 2.01. The molecular formula is C28H32ClN3O8S. The Bertz CT molecular complexity index is 1530. The molecule has 0 bridgehead atoms. The molecule has 0 unspecified atom stereocenters. The van der Waals surface area contributed by atoms with Crippen LogP contribution in [0, 0.1) is 0 Å². The molecule has 0 atom stereocenters. The summed E-state index contributed by atoms with van der Waals surface area (Å²) in [5, 5.41) is 4.50. The molecule has 0 fully saturated rings. The van der Waals surface area contributed by atoms with Gasteiger partial charge in [-0.15, -0.1) is 0 Å². The van der Waals surface area contributed by atoms with Crippen molar-refractivity contribution in [3.63, 3.8) is 0 Å². The van der Waals surface area contributed by atoms with Crippen molar-refractivity contribution in [2.75, 3.05) is 46.4 Å². The number of anilines is 1. The van der Waals surface area contributed by atoms with E-state index < -0.39 is 22.5 Å². The molecule has 13 heteroatoms. The average molecular weight is 606 g/mol. The number of ether oxygens (including phenoxy) is 5. The Morgan fingerprint density at radius 3 is 1.95 bits per heavy atom. The van der Waals surface area contributed by atoms with Gasteiger partial charge in [-0.05, 0) is 55.0 Å². The van der Waals surface area contributed by atoms with E-state index in [9.17, 15) is 13.2 Å². The van der Waals surface area contributed by atoms with E-state index in [1.807, 2.05) is 6.92 Å². The van der Waals surface area contributed by atoms with Gasteiger partial charge in [0.1, 0.15) is 12.3 Å². The number of carbonyl (C=O) groups excluding carboxylic acids is 1. The fourth-order valence-electron chi connectivity index (χ4n) is 3.92. The van der Waals surface area contributed by atoms with Crippen LogP contribution in [-0.2, 0) is 14.8 Å². The second kappa shape index (κ2) is 14.0. The maximum Gasteiger partial charge on any atom is 0.265 e. The van der Waals surface area contributed by atoms with Gasteiger partial charge in [0.25, 0.3) is 15.9 Å². The summed E-state index contributed by atoms with van der Waals surface area (Å²) in [6, 6.07) is 13.8. The van der Waals surface area contributed by atoms with Crippen molar-refractivity contribution in [3.8, 4) is 28.7 Å². The Labute approximate surface area is 244 Å². The number of halogens is 1. The molecule has 41 heavy (non-hydrogen) atoms. The summed E-state index contributed by atoms with van der Waals surface area (Å²) in [7, 11) is 2.91. The molecule has 0 aliphatic heterocycles. The summed E-state index contributed by atoms with van der Waals surface area (Å²) >= 11 is 6.22. The number of carbonyl (C=O) groups is 1. The predicted octanol–water partition coefficient (Wildman–Crippen LogP) is 4.51. The Kier molecular flexibility index (Phi) is 10.7. The monoisotopic (exact) mass is 605 g/mol. The molecule has 0 radical (unpaired) electrons. The van der Waals surface area contributed by atoms with Crippen LogP contribution in [0.2, 0.25) is 5.02 Å². The molecule has 1 N–H and O–H groups in total. The van der Waals surface area contributed by atoms with E-state index in [-0.39, 0.29) is 27.1 Å². The second-order valence-corrected chi connectivity index (χ2v) is 10.7. The molecule has 3 aromatic carbocycles. The summed E-state index contributed by atoms with van der Waals surface area (Å²) in [6.45, 7) is 1.23. The van der Waals surface area contributed by atoms with E-state index in [4.69, 9.17) is 35.3 Å². The molecule has 3 rings (SSSR count). The van der Waals surface area contributed by atoms with Gasteiger partial charge in [0, 0.05) is 16.7 Å². The van der Waals surface area contributed by atoms with E-state index in [1.165, 1.54) is 65.9 Å². The van der Waals surface area contributed by atoms with E-state index in [0.717, 1.165) is 4.31 Å². The zero-order valence-electron chi connectivity index (χ0n) is 23.6. The third kappa shape index (κ3) is 7.14. The third-order valence-corrected chi connectivity index (χ3v) is 8.00. The summed E-state index contributed by atoms with van der Waals surface area (Å²) in [6.07, 6.45) is 0.464. The number of nitrogens with zero attached hydrogens (tertiary/aromatic N) is 2. The Morgan fingerprint density at radius 2 is 1.37 bits per heavy atom. The molecule has 1 amide bonds. The maximum atomic E-state index is 14.0. The highest BCUT2D eigenvalue weighted by molar-refractivity contribution is 7.92. The van der Waals surface area contributed by atoms with Crippen LogP contribution in [0.3, 0.4) is 0 Å². The topological polar surface area (TPSA) is 125 Å². The van der Waals surface area contributed by atoms with Crippen LogP contribution >= 0.6 is 11.6 Å². The number of rotatable bonds is 13. The quantitative estimate of drug-likeness (QED) is 0.223. The fourth-order valence-corrected chi connectivity index (χ4v) is 5.53. The molecule has 0 saturated heterocycles. The summed E-state index contributed by atoms with van der Waals surface area (Å²) in [5.41, 5.74) is 3.75. The zero-order chi connectivity index (χ0) is 30.2. The van der Waals surface area contributed by atoms with Gasteiger partial charge in [-0.1, -0.05) is 18.5 Å². The largest absolute Gasteiger partial charge is 0.495 e. The van der Waals surface area contributed by atoms with Gasteiger partial charge in [0.15, 0.2) is 23.0 Å². The minimum Gasteiger partial charge on any atom is -0.495 e. The molecule has 3 aromatic rings. The van der Waals surface area contributed by atoms with Crippen LogP contribution in [0.5, 0.6) is 28.7 Å². The first kappa shape index (κ1) is 31.4. The lowest BCUT2D eigenvalue weighted by molar-refractivity contribution is -0.119. The molecule has 0 aliphatic carbocycles. The fraction of sp³-hybridized carbons (Fsp3) is 0.286. The van der Waals surface area contributed by atoms with Crippen molar-refractivity contribution < 1.29 is 36.9 Å². The first-order valence-corrected chi connectivity index (χ1v) is 14.1. The van der Waals surface area contributed by atoms with Crippen molar-refractivity contribution in [2.24, 2.45) is 5.10 Å². The van der Waals surface area contributed by atoms with Crippen LogP contribution in [0.4, 0.5) is 5.69 Å². The van der Waals surface area contributed by atoms with E-state index >= 15 is 0 Å². The number of sulfonamides is 1. The van der Waals surface area contributed by atoms with E-state index in [1.54, 1.807) is 24.3 Å². The van der Waals surface area contributed by atoms with Gasteiger partial charge in [0.05, 0.1) is 51.8 Å². The highest BCUT2D eigenvalue weighted by Crippen LogP contribution is 2.37. The van der Waals surface area contributed by atoms with Gasteiger partial charge in [-0.25, -0.2) is 13.8 Å². The van der Waals surface area contributed by atoms with Crippen LogP contribution in [0.25, 0.3) is 0 Å². The van der Waals surface area contributed by atoms with Gasteiger partial charge in [0.2, 0.25) is 0 Å².